The molecule has 0 atom stereocenters. The Balaban J connectivity index is 2.21. The highest BCUT2D eigenvalue weighted by Crippen LogP contribution is 2.24. The van der Waals surface area contributed by atoms with Crippen molar-refractivity contribution in [3.05, 3.63) is 64.2 Å². The smallest absolute Gasteiger partial charge is 0.101 e. The molecule has 0 aliphatic heterocycles. The van der Waals surface area contributed by atoms with Crippen molar-refractivity contribution >= 4 is 17.3 Å². The summed E-state index contributed by atoms with van der Waals surface area (Å²) in [5.41, 5.74) is 4.07. The number of aryl methyl sites for hydroxylation is 1. The fraction of sp³-hybridized carbons (Fsp3) is 0.188. The van der Waals surface area contributed by atoms with Crippen molar-refractivity contribution in [3.63, 3.8) is 0 Å². The van der Waals surface area contributed by atoms with Crippen molar-refractivity contribution in [2.45, 2.75) is 13.5 Å². The van der Waals surface area contributed by atoms with Crippen LogP contribution in [0, 0.1) is 18.3 Å². The lowest BCUT2D eigenvalue weighted by atomic mass is 10.1. The van der Waals surface area contributed by atoms with E-state index in [2.05, 4.69) is 30.0 Å². The van der Waals surface area contributed by atoms with Crippen LogP contribution in [0.1, 0.15) is 16.7 Å². The summed E-state index contributed by atoms with van der Waals surface area (Å²) in [6.45, 7) is 2.92. The monoisotopic (exact) mass is 270 g/mol. The van der Waals surface area contributed by atoms with E-state index in [9.17, 15) is 0 Å². The van der Waals surface area contributed by atoms with E-state index in [1.807, 2.05) is 31.3 Å². The molecule has 0 aromatic heterocycles. The predicted molar refractivity (Wildman–Crippen MR) is 79.5 cm³/mol. The molecule has 0 bridgehead atoms. The minimum Gasteiger partial charge on any atom is -0.370 e. The van der Waals surface area contributed by atoms with E-state index < -0.39 is 0 Å². The summed E-state index contributed by atoms with van der Waals surface area (Å²) in [6.07, 6.45) is 0. The third kappa shape index (κ3) is 3.07. The molecule has 2 aromatic carbocycles. The van der Waals surface area contributed by atoms with Crippen LogP contribution in [-0.2, 0) is 6.54 Å². The zero-order chi connectivity index (χ0) is 13.8. The molecule has 0 N–H and O–H groups in total. The summed E-state index contributed by atoms with van der Waals surface area (Å²) >= 11 is 6.06. The highest BCUT2D eigenvalue weighted by molar-refractivity contribution is 6.32. The highest BCUT2D eigenvalue weighted by Gasteiger charge is 2.07. The number of benzene rings is 2. The van der Waals surface area contributed by atoms with E-state index in [0.717, 1.165) is 12.2 Å². The van der Waals surface area contributed by atoms with Gasteiger partial charge in [-0.05, 0) is 36.2 Å². The Bertz CT molecular complexity index is 629. The van der Waals surface area contributed by atoms with Crippen LogP contribution in [0.15, 0.2) is 42.5 Å². The molecule has 0 amide bonds. The van der Waals surface area contributed by atoms with Crippen LogP contribution in [0.5, 0.6) is 0 Å². The standard InChI is InChI=1S/C16H15ClN2/c1-12-5-3-4-6-14(12)11-19(2)15-8-7-13(10-18)16(17)9-15/h3-9H,11H2,1-2H3. The average molecular weight is 271 g/mol. The maximum absolute atomic E-state index is 8.87. The second-order valence-corrected chi connectivity index (χ2v) is 4.97. The van der Waals surface area contributed by atoms with Crippen LogP contribution in [0.2, 0.25) is 5.02 Å². The lowest BCUT2D eigenvalue weighted by molar-refractivity contribution is 0.914. The van der Waals surface area contributed by atoms with Gasteiger partial charge < -0.3 is 4.90 Å². The molecule has 0 aliphatic carbocycles. The number of halogens is 1. The minimum absolute atomic E-state index is 0.497. The lowest BCUT2D eigenvalue weighted by Crippen LogP contribution is -2.17. The van der Waals surface area contributed by atoms with Gasteiger partial charge >= 0.3 is 0 Å². The highest BCUT2D eigenvalue weighted by atomic mass is 35.5. The van der Waals surface area contributed by atoms with Crippen molar-refractivity contribution in [2.75, 3.05) is 11.9 Å². The molecule has 2 aromatic rings. The molecule has 0 radical (unpaired) electrons. The van der Waals surface area contributed by atoms with Gasteiger partial charge in [0.25, 0.3) is 0 Å². The second-order valence-electron chi connectivity index (χ2n) is 4.56. The fourth-order valence-corrected chi connectivity index (χ4v) is 2.18. The van der Waals surface area contributed by atoms with Gasteiger partial charge in [-0.3, -0.25) is 0 Å². The molecule has 96 valence electrons. The molecule has 3 heteroatoms. The zero-order valence-corrected chi connectivity index (χ0v) is 11.8. The Morgan fingerprint density at radius 2 is 1.95 bits per heavy atom. The van der Waals surface area contributed by atoms with Gasteiger partial charge in [-0.2, -0.15) is 5.26 Å². The average Bonchev–Trinajstić information content (AvgIpc) is 2.41. The van der Waals surface area contributed by atoms with Gasteiger partial charge in [0.15, 0.2) is 0 Å². The van der Waals surface area contributed by atoms with E-state index >= 15 is 0 Å². The molecular weight excluding hydrogens is 256 g/mol. The molecule has 0 aliphatic rings. The van der Waals surface area contributed by atoms with Gasteiger partial charge in [-0.1, -0.05) is 35.9 Å². The maximum Gasteiger partial charge on any atom is 0.101 e. The normalized spacial score (nSPS) is 10.0. The van der Waals surface area contributed by atoms with Gasteiger partial charge in [-0.15, -0.1) is 0 Å². The molecule has 0 heterocycles. The Labute approximate surface area is 118 Å². The third-order valence-corrected chi connectivity index (χ3v) is 3.50. The summed E-state index contributed by atoms with van der Waals surface area (Å²) in [7, 11) is 2.02. The van der Waals surface area contributed by atoms with Gasteiger partial charge in [0, 0.05) is 19.3 Å². The van der Waals surface area contributed by atoms with E-state index in [0.29, 0.717) is 10.6 Å². The van der Waals surface area contributed by atoms with E-state index in [4.69, 9.17) is 16.9 Å². The molecule has 19 heavy (non-hydrogen) atoms. The van der Waals surface area contributed by atoms with Crippen LogP contribution in [0.25, 0.3) is 0 Å². The topological polar surface area (TPSA) is 27.0 Å². The predicted octanol–water partition coefficient (Wildman–Crippen LogP) is 4.16. The van der Waals surface area contributed by atoms with E-state index in [1.165, 1.54) is 11.1 Å². The minimum atomic E-state index is 0.497. The van der Waals surface area contributed by atoms with Crippen LogP contribution in [0.4, 0.5) is 5.69 Å². The van der Waals surface area contributed by atoms with Crippen LogP contribution in [0.3, 0.4) is 0 Å². The van der Waals surface area contributed by atoms with Gasteiger partial charge in [-0.25, -0.2) is 0 Å². The van der Waals surface area contributed by atoms with Gasteiger partial charge in [0.05, 0.1) is 10.6 Å². The summed E-state index contributed by atoms with van der Waals surface area (Å²) in [5, 5.41) is 9.37. The molecule has 0 saturated carbocycles. The Morgan fingerprint density at radius 1 is 1.21 bits per heavy atom. The SMILES string of the molecule is Cc1ccccc1CN(C)c1ccc(C#N)c(Cl)c1. The molecule has 0 unspecified atom stereocenters. The Morgan fingerprint density at radius 3 is 2.58 bits per heavy atom. The van der Waals surface area contributed by atoms with Crippen molar-refractivity contribution in [1.82, 2.24) is 0 Å². The molecule has 0 saturated heterocycles. The molecule has 0 fully saturated rings. The third-order valence-electron chi connectivity index (χ3n) is 3.18. The fourth-order valence-electron chi connectivity index (χ4n) is 1.97. The number of hydrogen-bond acceptors (Lipinski definition) is 2. The van der Waals surface area contributed by atoms with E-state index in [1.54, 1.807) is 6.07 Å². The number of rotatable bonds is 3. The number of nitriles is 1. The summed E-state index contributed by atoms with van der Waals surface area (Å²) < 4.78 is 0. The summed E-state index contributed by atoms with van der Waals surface area (Å²) in [6, 6.07) is 15.9. The first-order valence-electron chi connectivity index (χ1n) is 6.07. The van der Waals surface area contributed by atoms with Crippen LogP contribution in [-0.4, -0.2) is 7.05 Å². The van der Waals surface area contributed by atoms with Crippen LogP contribution < -0.4 is 4.90 Å². The first-order valence-corrected chi connectivity index (χ1v) is 6.45. The van der Waals surface area contributed by atoms with Gasteiger partial charge in [0.2, 0.25) is 0 Å². The maximum atomic E-state index is 8.87. The summed E-state index contributed by atoms with van der Waals surface area (Å²) in [5.74, 6) is 0. The molecular formula is C16H15ClN2. The number of hydrogen-bond donors (Lipinski definition) is 0. The van der Waals surface area contributed by atoms with Crippen molar-refractivity contribution < 1.29 is 0 Å². The summed E-state index contributed by atoms with van der Waals surface area (Å²) in [4.78, 5) is 2.12. The van der Waals surface area contributed by atoms with Crippen molar-refractivity contribution in [2.24, 2.45) is 0 Å². The van der Waals surface area contributed by atoms with Crippen LogP contribution >= 0.6 is 11.6 Å². The largest absolute Gasteiger partial charge is 0.370 e. The van der Waals surface area contributed by atoms with Gasteiger partial charge in [0.1, 0.15) is 6.07 Å². The molecule has 0 spiro atoms. The Hall–Kier alpha value is -1.98. The number of anilines is 1. The van der Waals surface area contributed by atoms with Crippen molar-refractivity contribution in [3.8, 4) is 6.07 Å². The molecule has 2 nitrogen and oxygen atoms in total. The second kappa shape index (κ2) is 5.77. The first-order chi connectivity index (χ1) is 9.11. The Kier molecular flexibility index (Phi) is 4.09. The number of nitrogens with zero attached hydrogens (tertiary/aromatic N) is 2. The zero-order valence-electron chi connectivity index (χ0n) is 11.0. The lowest BCUT2D eigenvalue weighted by Gasteiger charge is -2.21. The van der Waals surface area contributed by atoms with E-state index in [-0.39, 0.29) is 0 Å². The quantitative estimate of drug-likeness (QED) is 0.837. The molecule has 2 rings (SSSR count). The first kappa shape index (κ1) is 13.5. The van der Waals surface area contributed by atoms with Crippen molar-refractivity contribution in [1.29, 1.82) is 5.26 Å².